The van der Waals surface area contributed by atoms with Crippen LogP contribution in [0, 0.1) is 0 Å². The number of aromatic nitrogens is 1. The Morgan fingerprint density at radius 2 is 1.74 bits per heavy atom. The number of carbonyl (C=O) groups excluding carboxylic acids is 2. The number of nitrogens with one attached hydrogen (secondary N) is 1. The molecule has 0 spiro atoms. The Balaban J connectivity index is 1.49. The van der Waals surface area contributed by atoms with Crippen molar-refractivity contribution in [1.29, 1.82) is 0 Å². The zero-order valence-electron chi connectivity index (χ0n) is 18.6. The molecule has 9 heteroatoms. The highest BCUT2D eigenvalue weighted by Crippen LogP contribution is 2.38. The third kappa shape index (κ3) is 4.34. The highest BCUT2D eigenvalue weighted by molar-refractivity contribution is 6.05. The largest absolute Gasteiger partial charge is 0.493 e. The fourth-order valence-corrected chi connectivity index (χ4v) is 3.71. The van der Waals surface area contributed by atoms with E-state index in [4.69, 9.17) is 9.47 Å². The van der Waals surface area contributed by atoms with Gasteiger partial charge in [-0.15, -0.1) is 10.2 Å². The first kappa shape index (κ1) is 21.9. The van der Waals surface area contributed by atoms with Crippen LogP contribution in [0.2, 0.25) is 0 Å². The quantitative estimate of drug-likeness (QED) is 0.326. The molecular formula is C26H20N4O5. The van der Waals surface area contributed by atoms with E-state index in [1.807, 2.05) is 12.1 Å². The summed E-state index contributed by atoms with van der Waals surface area (Å²) in [6.07, 6.45) is 1.48. The van der Waals surface area contributed by atoms with Crippen LogP contribution in [0.5, 0.6) is 17.4 Å². The van der Waals surface area contributed by atoms with Crippen LogP contribution in [-0.4, -0.2) is 28.3 Å². The molecule has 0 fully saturated rings. The summed E-state index contributed by atoms with van der Waals surface area (Å²) in [6, 6.07) is 20.9. The second-order valence-electron chi connectivity index (χ2n) is 7.74. The number of nitrogens with zero attached hydrogens (tertiary/aromatic N) is 3. The topological polar surface area (TPSA) is 115 Å². The highest BCUT2D eigenvalue weighted by atomic mass is 16.7. The zero-order chi connectivity index (χ0) is 24.4. The monoisotopic (exact) mass is 468 g/mol. The van der Waals surface area contributed by atoms with Gasteiger partial charge in [0, 0.05) is 18.0 Å². The lowest BCUT2D eigenvalue weighted by atomic mass is 10.1. The van der Waals surface area contributed by atoms with Crippen molar-refractivity contribution in [3.63, 3.8) is 0 Å². The fraction of sp³-hybridized carbons (Fsp3) is 0.0769. The number of amides is 2. The van der Waals surface area contributed by atoms with E-state index in [9.17, 15) is 14.7 Å². The second kappa shape index (κ2) is 9.14. The average molecular weight is 468 g/mol. The molecule has 0 saturated carbocycles. The minimum atomic E-state index is -0.792. The summed E-state index contributed by atoms with van der Waals surface area (Å²) >= 11 is 0. The van der Waals surface area contributed by atoms with Gasteiger partial charge in [-0.3, -0.25) is 9.59 Å². The number of hydrogen-bond acceptors (Lipinski definition) is 6. The van der Waals surface area contributed by atoms with Crippen molar-refractivity contribution in [2.45, 2.75) is 0 Å². The Kier molecular flexibility index (Phi) is 5.72. The van der Waals surface area contributed by atoms with Crippen molar-refractivity contribution in [3.8, 4) is 17.4 Å². The summed E-state index contributed by atoms with van der Waals surface area (Å²) in [5.41, 5.74) is 1.77. The van der Waals surface area contributed by atoms with E-state index >= 15 is 0 Å². The van der Waals surface area contributed by atoms with Crippen LogP contribution in [0.25, 0.3) is 17.0 Å². The van der Waals surface area contributed by atoms with E-state index in [0.29, 0.717) is 28.0 Å². The molecule has 0 atom stereocenters. The number of hydrogen-bond donors (Lipinski definition) is 2. The van der Waals surface area contributed by atoms with Crippen LogP contribution in [0.15, 0.2) is 88.7 Å². The summed E-state index contributed by atoms with van der Waals surface area (Å²) in [5.74, 6) is -0.275. The molecule has 1 aliphatic heterocycles. The normalized spacial score (nSPS) is 12.9. The lowest BCUT2D eigenvalue weighted by Crippen LogP contribution is -2.26. The summed E-state index contributed by atoms with van der Waals surface area (Å²) in [5, 5.41) is 21.6. The van der Waals surface area contributed by atoms with Crippen molar-refractivity contribution in [1.82, 2.24) is 9.88 Å². The Morgan fingerprint density at radius 3 is 2.57 bits per heavy atom. The van der Waals surface area contributed by atoms with Gasteiger partial charge in [0.25, 0.3) is 5.91 Å². The zero-order valence-corrected chi connectivity index (χ0v) is 18.6. The van der Waals surface area contributed by atoms with Gasteiger partial charge in [-0.05, 0) is 42.0 Å². The molecule has 3 aromatic carbocycles. The maximum atomic E-state index is 13.1. The summed E-state index contributed by atoms with van der Waals surface area (Å²) in [4.78, 5) is 25.9. The first-order valence-electron chi connectivity index (χ1n) is 10.7. The van der Waals surface area contributed by atoms with Gasteiger partial charge in [0.2, 0.25) is 12.7 Å². The Labute approximate surface area is 199 Å². The number of fused-ring (bicyclic) bond motifs is 2. The van der Waals surface area contributed by atoms with Crippen molar-refractivity contribution >= 4 is 34.5 Å². The van der Waals surface area contributed by atoms with Gasteiger partial charge in [-0.1, -0.05) is 42.5 Å². The molecule has 0 radical (unpaired) electrons. The molecule has 1 aliphatic rings. The van der Waals surface area contributed by atoms with Crippen LogP contribution in [0.4, 0.5) is 5.69 Å². The maximum Gasteiger partial charge on any atom is 0.311 e. The molecule has 35 heavy (non-hydrogen) atoms. The van der Waals surface area contributed by atoms with E-state index in [-0.39, 0.29) is 24.1 Å². The Morgan fingerprint density at radius 1 is 1.00 bits per heavy atom. The minimum absolute atomic E-state index is 0.0961. The SMILES string of the molecule is Cn1c(O)c(N=NC(=O)/C(=C/c2ccc3c(c2)OCO3)NC(=O)c2ccccc2)c2ccccc21. The molecule has 2 heterocycles. The number of carbonyl (C=O) groups is 2. The van der Waals surface area contributed by atoms with Crippen LogP contribution < -0.4 is 14.8 Å². The molecule has 174 valence electrons. The smallest absolute Gasteiger partial charge is 0.311 e. The Hall–Kier alpha value is -4.92. The number of rotatable bonds is 5. The number of aryl methyl sites for hydroxylation is 1. The first-order valence-corrected chi connectivity index (χ1v) is 10.7. The van der Waals surface area contributed by atoms with Gasteiger partial charge in [0.15, 0.2) is 17.2 Å². The molecule has 5 rings (SSSR count). The average Bonchev–Trinajstić information content (AvgIpc) is 3.45. The van der Waals surface area contributed by atoms with E-state index in [1.165, 1.54) is 6.08 Å². The molecule has 0 unspecified atom stereocenters. The molecule has 2 amide bonds. The highest BCUT2D eigenvalue weighted by Gasteiger charge is 2.18. The van der Waals surface area contributed by atoms with E-state index in [2.05, 4.69) is 15.5 Å². The van der Waals surface area contributed by atoms with Crippen molar-refractivity contribution in [2.24, 2.45) is 17.3 Å². The standard InChI is InChI=1S/C26H20N4O5/c1-30-20-10-6-5-9-18(20)23(26(30)33)28-29-25(32)19(27-24(31)17-7-3-2-4-8-17)13-16-11-12-21-22(14-16)35-15-34-21/h2-14,33H,15H2,1H3,(H,27,31)/b19-13-,29-28?. The predicted molar refractivity (Wildman–Crippen MR) is 129 cm³/mol. The number of para-hydroxylation sites is 1. The number of aromatic hydroxyl groups is 1. The van der Waals surface area contributed by atoms with Crippen molar-refractivity contribution in [2.75, 3.05) is 6.79 Å². The van der Waals surface area contributed by atoms with Crippen LogP contribution in [-0.2, 0) is 11.8 Å². The molecule has 4 aromatic rings. The first-order chi connectivity index (χ1) is 17.0. The summed E-state index contributed by atoms with van der Waals surface area (Å²) in [6.45, 7) is 0.113. The van der Waals surface area contributed by atoms with Gasteiger partial charge in [-0.2, -0.15) is 0 Å². The van der Waals surface area contributed by atoms with Crippen LogP contribution in [0.1, 0.15) is 15.9 Å². The summed E-state index contributed by atoms with van der Waals surface area (Å²) < 4.78 is 12.3. The molecule has 2 N–H and O–H groups in total. The third-order valence-corrected chi connectivity index (χ3v) is 5.51. The van der Waals surface area contributed by atoms with Crippen LogP contribution in [0.3, 0.4) is 0 Å². The lowest BCUT2D eigenvalue weighted by Gasteiger charge is -2.07. The molecule has 0 aliphatic carbocycles. The summed E-state index contributed by atoms with van der Waals surface area (Å²) in [7, 11) is 1.68. The van der Waals surface area contributed by atoms with Gasteiger partial charge in [-0.25, -0.2) is 0 Å². The minimum Gasteiger partial charge on any atom is -0.493 e. The molecular weight excluding hydrogens is 448 g/mol. The Bertz CT molecular complexity index is 1510. The predicted octanol–water partition coefficient (Wildman–Crippen LogP) is 4.69. The van der Waals surface area contributed by atoms with E-state index in [0.717, 1.165) is 5.52 Å². The number of azo groups is 1. The number of benzene rings is 3. The molecule has 0 bridgehead atoms. The maximum absolute atomic E-state index is 13.1. The van der Waals surface area contributed by atoms with E-state index in [1.54, 1.807) is 72.3 Å². The second-order valence-corrected chi connectivity index (χ2v) is 7.74. The van der Waals surface area contributed by atoms with Gasteiger partial charge in [0.1, 0.15) is 5.70 Å². The van der Waals surface area contributed by atoms with Gasteiger partial charge >= 0.3 is 5.91 Å². The molecule has 0 saturated heterocycles. The molecule has 1 aromatic heterocycles. The van der Waals surface area contributed by atoms with Crippen LogP contribution >= 0.6 is 0 Å². The number of ether oxygens (including phenoxy) is 2. The van der Waals surface area contributed by atoms with Crippen molar-refractivity contribution in [3.05, 3.63) is 89.6 Å². The van der Waals surface area contributed by atoms with Gasteiger partial charge in [0.05, 0.1) is 5.52 Å². The lowest BCUT2D eigenvalue weighted by molar-refractivity contribution is -0.115. The van der Waals surface area contributed by atoms with Crippen molar-refractivity contribution < 1.29 is 24.2 Å². The third-order valence-electron chi connectivity index (χ3n) is 5.51. The fourth-order valence-electron chi connectivity index (χ4n) is 3.71. The molecule has 9 nitrogen and oxygen atoms in total. The van der Waals surface area contributed by atoms with E-state index < -0.39 is 11.8 Å². The van der Waals surface area contributed by atoms with Gasteiger partial charge < -0.3 is 24.5 Å².